The third-order valence-electron chi connectivity index (χ3n) is 2.61. The molecule has 0 aromatic rings. The van der Waals surface area contributed by atoms with E-state index in [0.717, 1.165) is 5.57 Å². The minimum absolute atomic E-state index is 0.133. The zero-order chi connectivity index (χ0) is 14.7. The van der Waals surface area contributed by atoms with Crippen molar-refractivity contribution in [3.05, 3.63) is 23.8 Å². The molecular weight excluding hydrogens is 244 g/mol. The first-order chi connectivity index (χ1) is 8.62. The van der Waals surface area contributed by atoms with Crippen molar-refractivity contribution in [1.29, 1.82) is 0 Å². The monoisotopic (exact) mass is 266 g/mol. The van der Waals surface area contributed by atoms with Gasteiger partial charge in [0.1, 0.15) is 5.60 Å². The van der Waals surface area contributed by atoms with Gasteiger partial charge in [0.15, 0.2) is 5.72 Å². The van der Waals surface area contributed by atoms with Crippen LogP contribution in [0.4, 0.5) is 4.79 Å². The van der Waals surface area contributed by atoms with Gasteiger partial charge in [-0.1, -0.05) is 25.2 Å². The number of nitrogens with zero attached hydrogens (tertiary/aromatic N) is 1. The van der Waals surface area contributed by atoms with E-state index in [0.29, 0.717) is 0 Å². The van der Waals surface area contributed by atoms with Crippen LogP contribution < -0.4 is 5.32 Å². The van der Waals surface area contributed by atoms with Crippen molar-refractivity contribution < 1.29 is 14.6 Å². The summed E-state index contributed by atoms with van der Waals surface area (Å²) in [4.78, 5) is 15.4. The highest BCUT2D eigenvalue weighted by Crippen LogP contribution is 2.29. The molecule has 0 fully saturated rings. The molecule has 2 atom stereocenters. The van der Waals surface area contributed by atoms with E-state index in [4.69, 9.17) is 4.74 Å². The number of nitrogens with one attached hydrogen (secondary N) is 1. The van der Waals surface area contributed by atoms with Crippen molar-refractivity contribution in [2.75, 3.05) is 0 Å². The summed E-state index contributed by atoms with van der Waals surface area (Å²) in [7, 11) is 0. The average Bonchev–Trinajstić information content (AvgIpc) is 2.61. The Hall–Kier alpha value is -1.62. The lowest BCUT2D eigenvalue weighted by molar-refractivity contribution is 0.0563. The van der Waals surface area contributed by atoms with Gasteiger partial charge in [0.25, 0.3) is 0 Å². The van der Waals surface area contributed by atoms with Gasteiger partial charge in [-0.15, -0.1) is 0 Å². The number of hydrogen-bond donors (Lipinski definition) is 2. The predicted octanol–water partition coefficient (Wildman–Crippen LogP) is 2.38. The summed E-state index contributed by atoms with van der Waals surface area (Å²) in [6, 6.07) is 0. The van der Waals surface area contributed by atoms with Crippen LogP contribution in [0.2, 0.25) is 0 Å². The molecule has 1 aliphatic carbocycles. The minimum Gasteiger partial charge on any atom is -0.444 e. The maximum atomic E-state index is 11.4. The van der Waals surface area contributed by atoms with Gasteiger partial charge in [0.2, 0.25) is 0 Å². The first-order valence-corrected chi connectivity index (χ1v) is 6.26. The number of carbonyl (C=O) groups excluding carboxylic acids is 1. The van der Waals surface area contributed by atoms with Crippen molar-refractivity contribution in [3.8, 4) is 0 Å². The Balaban J connectivity index is 2.55. The number of rotatable bonds is 3. The summed E-state index contributed by atoms with van der Waals surface area (Å²) >= 11 is 0. The molecule has 1 amide bonds. The maximum Gasteiger partial charge on any atom is 0.412 e. The number of alkyl carbamates (subject to hydrolysis) is 1. The molecule has 0 saturated heterocycles. The summed E-state index contributed by atoms with van der Waals surface area (Å²) < 4.78 is 5.05. The number of carbonyl (C=O) groups is 1. The average molecular weight is 266 g/mol. The van der Waals surface area contributed by atoms with Crippen LogP contribution in [0.25, 0.3) is 0 Å². The molecule has 2 N–H and O–H groups in total. The molecule has 0 bridgehead atoms. The number of aliphatic imine (C=N–C) groups is 1. The van der Waals surface area contributed by atoms with E-state index in [1.54, 1.807) is 27.7 Å². The fraction of sp³-hybridized carbons (Fsp3) is 0.571. The Kier molecular flexibility index (Phi) is 4.52. The lowest BCUT2D eigenvalue weighted by Crippen LogP contribution is -2.33. The number of ether oxygens (including phenoxy) is 1. The van der Waals surface area contributed by atoms with Gasteiger partial charge in [-0.3, -0.25) is 5.32 Å². The van der Waals surface area contributed by atoms with Crippen molar-refractivity contribution in [2.45, 2.75) is 45.9 Å². The molecule has 0 aromatic heterocycles. The van der Waals surface area contributed by atoms with E-state index < -0.39 is 17.4 Å². The Morgan fingerprint density at radius 1 is 1.47 bits per heavy atom. The third kappa shape index (κ3) is 4.87. The quantitative estimate of drug-likeness (QED) is 0.608. The van der Waals surface area contributed by atoms with E-state index in [-0.39, 0.29) is 5.92 Å². The molecule has 0 aliphatic heterocycles. The zero-order valence-corrected chi connectivity index (χ0v) is 12.1. The van der Waals surface area contributed by atoms with Crippen LogP contribution in [0.5, 0.6) is 0 Å². The molecule has 0 radical (unpaired) electrons. The fourth-order valence-electron chi connectivity index (χ4n) is 1.76. The summed E-state index contributed by atoms with van der Waals surface area (Å²) in [6.07, 6.45) is 6.25. The zero-order valence-electron chi connectivity index (χ0n) is 12.1. The van der Waals surface area contributed by atoms with Crippen molar-refractivity contribution in [1.82, 2.24) is 5.32 Å². The van der Waals surface area contributed by atoms with Gasteiger partial charge in [0.05, 0.1) is 6.34 Å². The van der Waals surface area contributed by atoms with Crippen LogP contribution >= 0.6 is 0 Å². The lowest BCUT2D eigenvalue weighted by Gasteiger charge is -2.23. The molecule has 0 aromatic carbocycles. The molecule has 5 nitrogen and oxygen atoms in total. The highest BCUT2D eigenvalue weighted by atomic mass is 16.6. The second-order valence-corrected chi connectivity index (χ2v) is 5.72. The number of amides is 1. The van der Waals surface area contributed by atoms with E-state index in [2.05, 4.69) is 10.3 Å². The second-order valence-electron chi connectivity index (χ2n) is 5.72. The summed E-state index contributed by atoms with van der Waals surface area (Å²) in [5.74, 6) is 0.133. The lowest BCUT2D eigenvalue weighted by atomic mass is 9.96. The molecule has 1 rings (SSSR count). The van der Waals surface area contributed by atoms with Crippen LogP contribution in [0.1, 0.15) is 34.6 Å². The predicted molar refractivity (Wildman–Crippen MR) is 74.9 cm³/mol. The molecule has 5 heteroatoms. The molecule has 1 aliphatic rings. The largest absolute Gasteiger partial charge is 0.444 e. The molecule has 19 heavy (non-hydrogen) atoms. The van der Waals surface area contributed by atoms with Gasteiger partial charge in [-0.25, -0.2) is 9.79 Å². The number of aliphatic hydroxyl groups is 1. The summed E-state index contributed by atoms with van der Waals surface area (Å²) in [6.45, 7) is 8.87. The maximum absolute atomic E-state index is 11.4. The van der Waals surface area contributed by atoms with E-state index in [1.807, 2.05) is 25.2 Å². The fourth-order valence-corrected chi connectivity index (χ4v) is 1.76. The highest BCUT2D eigenvalue weighted by Gasteiger charge is 2.28. The molecule has 0 spiro atoms. The van der Waals surface area contributed by atoms with Gasteiger partial charge in [0, 0.05) is 5.92 Å². The van der Waals surface area contributed by atoms with E-state index in [1.165, 1.54) is 6.34 Å². The Morgan fingerprint density at radius 2 is 2.11 bits per heavy atom. The van der Waals surface area contributed by atoms with E-state index >= 15 is 0 Å². The van der Waals surface area contributed by atoms with Crippen molar-refractivity contribution in [2.24, 2.45) is 10.9 Å². The summed E-state index contributed by atoms with van der Waals surface area (Å²) in [5.41, 5.74) is -1.11. The smallest absolute Gasteiger partial charge is 0.412 e. The molecule has 1 unspecified atom stereocenters. The van der Waals surface area contributed by atoms with Crippen LogP contribution in [-0.4, -0.2) is 28.9 Å². The first-order valence-electron chi connectivity index (χ1n) is 6.26. The molecular formula is C14H22N2O3. The van der Waals surface area contributed by atoms with Gasteiger partial charge >= 0.3 is 6.09 Å². The van der Waals surface area contributed by atoms with Crippen molar-refractivity contribution in [3.63, 3.8) is 0 Å². The number of hydrogen-bond acceptors (Lipinski definition) is 4. The van der Waals surface area contributed by atoms with Gasteiger partial charge < -0.3 is 9.84 Å². The van der Waals surface area contributed by atoms with Gasteiger partial charge in [-0.2, -0.15) is 0 Å². The van der Waals surface area contributed by atoms with Crippen LogP contribution in [0.3, 0.4) is 0 Å². The van der Waals surface area contributed by atoms with Crippen molar-refractivity contribution >= 4 is 12.4 Å². The Bertz CT molecular complexity index is 428. The topological polar surface area (TPSA) is 70.9 Å². The minimum atomic E-state index is -1.34. The highest BCUT2D eigenvalue weighted by molar-refractivity contribution is 5.82. The first kappa shape index (κ1) is 15.4. The van der Waals surface area contributed by atoms with Crippen LogP contribution in [0.15, 0.2) is 28.8 Å². The van der Waals surface area contributed by atoms with Gasteiger partial charge in [-0.05, 0) is 33.3 Å². The Labute approximate surface area is 114 Å². The number of allylic oxidation sites excluding steroid dienone is 3. The van der Waals surface area contributed by atoms with Crippen LogP contribution in [-0.2, 0) is 4.74 Å². The molecule has 106 valence electrons. The third-order valence-corrected chi connectivity index (χ3v) is 2.61. The van der Waals surface area contributed by atoms with Crippen LogP contribution in [0, 0.1) is 5.92 Å². The molecule has 0 saturated carbocycles. The van der Waals surface area contributed by atoms with E-state index in [9.17, 15) is 9.90 Å². The SMILES string of the molecule is C[C@@H]1C=CC=C1C(C)(O)N=CNC(=O)OC(C)(C)C. The summed E-state index contributed by atoms with van der Waals surface area (Å²) in [5, 5.41) is 12.6. The normalized spacial score (nSPS) is 22.2. The standard InChI is InChI=1S/C14H22N2O3/c1-10-7-6-8-11(10)14(5,18)16-9-15-12(17)19-13(2,3)4/h6-10,18H,1-5H3,(H,15,16,17)/t10-,14?/m1/s1. The molecule has 0 heterocycles. The Morgan fingerprint density at radius 3 is 2.58 bits per heavy atom. The second kappa shape index (κ2) is 5.57.